The van der Waals surface area contributed by atoms with Crippen molar-refractivity contribution in [1.82, 2.24) is 0 Å². The van der Waals surface area contributed by atoms with E-state index in [-0.39, 0.29) is 11.6 Å². The van der Waals surface area contributed by atoms with Crippen LogP contribution < -0.4 is 5.73 Å². The average molecular weight is 268 g/mol. The molecule has 0 aliphatic heterocycles. The molecular formula is C15H22ClNO. The zero-order chi connectivity index (χ0) is 13.0. The second kappa shape index (κ2) is 6.05. The lowest BCUT2D eigenvalue weighted by Crippen LogP contribution is -2.42. The molecule has 2 rings (SSSR count). The number of hydrogen-bond acceptors (Lipinski definition) is 2. The first-order chi connectivity index (χ1) is 8.69. The Morgan fingerprint density at radius 2 is 1.78 bits per heavy atom. The standard InChI is InChI=1S/C15H22ClNO/c1-18-15(10-6-2-3-7-11-15)14(17)12-8-4-5-9-13(12)16/h4-5,8-9,14H,2-3,6-7,10-11,17H2,1H3. The van der Waals surface area contributed by atoms with Crippen LogP contribution in [0.3, 0.4) is 0 Å². The van der Waals surface area contributed by atoms with Crippen LogP contribution in [0.5, 0.6) is 0 Å². The minimum Gasteiger partial charge on any atom is -0.376 e. The molecule has 1 atom stereocenters. The zero-order valence-electron chi connectivity index (χ0n) is 11.0. The highest BCUT2D eigenvalue weighted by Crippen LogP contribution is 2.40. The molecule has 0 radical (unpaired) electrons. The summed E-state index contributed by atoms with van der Waals surface area (Å²) in [5.41, 5.74) is 7.23. The molecule has 2 nitrogen and oxygen atoms in total. The lowest BCUT2D eigenvalue weighted by atomic mass is 9.83. The largest absolute Gasteiger partial charge is 0.376 e. The predicted octanol–water partition coefficient (Wildman–Crippen LogP) is 4.08. The number of benzene rings is 1. The van der Waals surface area contributed by atoms with Crippen LogP contribution in [0.15, 0.2) is 24.3 Å². The molecule has 0 amide bonds. The third-order valence-electron chi connectivity index (χ3n) is 4.16. The monoisotopic (exact) mass is 267 g/mol. The van der Waals surface area contributed by atoms with Gasteiger partial charge in [-0.3, -0.25) is 0 Å². The van der Waals surface area contributed by atoms with Crippen LogP contribution in [0.25, 0.3) is 0 Å². The van der Waals surface area contributed by atoms with Crippen molar-refractivity contribution in [3.05, 3.63) is 34.9 Å². The van der Waals surface area contributed by atoms with Crippen LogP contribution in [0.1, 0.15) is 50.1 Å². The first kappa shape index (κ1) is 13.9. The molecule has 1 saturated carbocycles. The van der Waals surface area contributed by atoms with Gasteiger partial charge in [0.05, 0.1) is 11.6 Å². The van der Waals surface area contributed by atoms with E-state index >= 15 is 0 Å². The molecule has 1 fully saturated rings. The minimum absolute atomic E-state index is 0.144. The fourth-order valence-electron chi connectivity index (χ4n) is 2.98. The van der Waals surface area contributed by atoms with Crippen LogP contribution in [-0.2, 0) is 4.74 Å². The van der Waals surface area contributed by atoms with E-state index in [1.807, 2.05) is 24.3 Å². The van der Waals surface area contributed by atoms with E-state index in [9.17, 15) is 0 Å². The van der Waals surface area contributed by atoms with Crippen molar-refractivity contribution < 1.29 is 4.74 Å². The lowest BCUT2D eigenvalue weighted by molar-refractivity contribution is -0.0442. The number of ether oxygens (including phenoxy) is 1. The maximum absolute atomic E-state index is 6.48. The molecule has 0 aromatic heterocycles. The summed E-state index contributed by atoms with van der Waals surface area (Å²) in [5.74, 6) is 0. The average Bonchev–Trinajstić information content (AvgIpc) is 2.65. The van der Waals surface area contributed by atoms with Crippen molar-refractivity contribution in [3.8, 4) is 0 Å². The van der Waals surface area contributed by atoms with Gasteiger partial charge in [-0.1, -0.05) is 55.5 Å². The van der Waals surface area contributed by atoms with Gasteiger partial charge in [-0.05, 0) is 24.5 Å². The molecule has 1 aromatic carbocycles. The van der Waals surface area contributed by atoms with Gasteiger partial charge in [0, 0.05) is 12.1 Å². The van der Waals surface area contributed by atoms with E-state index in [1.165, 1.54) is 25.7 Å². The Balaban J connectivity index is 2.28. The SMILES string of the molecule is COC1(C(N)c2ccccc2Cl)CCCCCC1. The summed E-state index contributed by atoms with van der Waals surface area (Å²) in [7, 11) is 1.78. The van der Waals surface area contributed by atoms with Gasteiger partial charge in [0.1, 0.15) is 0 Å². The number of rotatable bonds is 3. The summed E-state index contributed by atoms with van der Waals surface area (Å²) in [5, 5.41) is 0.741. The van der Waals surface area contributed by atoms with Crippen LogP contribution >= 0.6 is 11.6 Å². The summed E-state index contributed by atoms with van der Waals surface area (Å²) >= 11 is 6.26. The Morgan fingerprint density at radius 1 is 1.17 bits per heavy atom. The summed E-state index contributed by atoms with van der Waals surface area (Å²) in [6, 6.07) is 7.69. The highest BCUT2D eigenvalue weighted by molar-refractivity contribution is 6.31. The summed E-state index contributed by atoms with van der Waals surface area (Å²) in [4.78, 5) is 0. The second-order valence-corrected chi connectivity index (χ2v) is 5.59. The van der Waals surface area contributed by atoms with E-state index in [4.69, 9.17) is 22.1 Å². The second-order valence-electron chi connectivity index (χ2n) is 5.18. The Bertz CT molecular complexity index is 386. The van der Waals surface area contributed by atoms with Crippen LogP contribution in [0, 0.1) is 0 Å². The summed E-state index contributed by atoms with van der Waals surface area (Å²) < 4.78 is 5.85. The van der Waals surface area contributed by atoms with Crippen molar-refractivity contribution >= 4 is 11.6 Å². The fraction of sp³-hybridized carbons (Fsp3) is 0.600. The molecule has 1 aromatic rings. The van der Waals surface area contributed by atoms with Gasteiger partial charge >= 0.3 is 0 Å². The van der Waals surface area contributed by atoms with Crippen molar-refractivity contribution in [2.45, 2.75) is 50.2 Å². The van der Waals surface area contributed by atoms with Crippen molar-refractivity contribution in [2.75, 3.05) is 7.11 Å². The Hall–Kier alpha value is -0.570. The van der Waals surface area contributed by atoms with E-state index in [1.54, 1.807) is 7.11 Å². The van der Waals surface area contributed by atoms with Crippen LogP contribution in [0.2, 0.25) is 5.02 Å². The van der Waals surface area contributed by atoms with Gasteiger partial charge in [0.2, 0.25) is 0 Å². The zero-order valence-corrected chi connectivity index (χ0v) is 11.7. The maximum Gasteiger partial charge on any atom is 0.0870 e. The highest BCUT2D eigenvalue weighted by Gasteiger charge is 2.38. The van der Waals surface area contributed by atoms with Gasteiger partial charge in [-0.2, -0.15) is 0 Å². The smallest absolute Gasteiger partial charge is 0.0870 e. The molecule has 0 heterocycles. The maximum atomic E-state index is 6.48. The van der Waals surface area contributed by atoms with Gasteiger partial charge in [-0.15, -0.1) is 0 Å². The minimum atomic E-state index is -0.249. The molecule has 1 aliphatic carbocycles. The summed E-state index contributed by atoms with van der Waals surface area (Å²) in [6.07, 6.45) is 6.98. The highest BCUT2D eigenvalue weighted by atomic mass is 35.5. The third-order valence-corrected chi connectivity index (χ3v) is 4.51. The van der Waals surface area contributed by atoms with Crippen molar-refractivity contribution in [3.63, 3.8) is 0 Å². The van der Waals surface area contributed by atoms with E-state index < -0.39 is 0 Å². The molecular weight excluding hydrogens is 246 g/mol. The van der Waals surface area contributed by atoms with Gasteiger partial charge in [0.25, 0.3) is 0 Å². The normalized spacial score (nSPS) is 21.3. The molecule has 0 spiro atoms. The lowest BCUT2D eigenvalue weighted by Gasteiger charge is -2.37. The van der Waals surface area contributed by atoms with E-state index in [0.717, 1.165) is 23.4 Å². The first-order valence-corrected chi connectivity index (χ1v) is 7.12. The third kappa shape index (κ3) is 2.71. The molecule has 1 aliphatic rings. The first-order valence-electron chi connectivity index (χ1n) is 6.75. The Labute approximate surface area is 114 Å². The topological polar surface area (TPSA) is 35.2 Å². The molecule has 2 N–H and O–H groups in total. The molecule has 3 heteroatoms. The number of halogens is 1. The Morgan fingerprint density at radius 3 is 2.33 bits per heavy atom. The molecule has 0 saturated heterocycles. The van der Waals surface area contributed by atoms with Crippen molar-refractivity contribution in [2.24, 2.45) is 5.73 Å². The number of methoxy groups -OCH3 is 1. The molecule has 1 unspecified atom stereocenters. The predicted molar refractivity (Wildman–Crippen MR) is 75.8 cm³/mol. The van der Waals surface area contributed by atoms with Crippen LogP contribution in [-0.4, -0.2) is 12.7 Å². The quantitative estimate of drug-likeness (QED) is 0.838. The molecule has 18 heavy (non-hydrogen) atoms. The summed E-state index contributed by atoms with van der Waals surface area (Å²) in [6.45, 7) is 0. The number of nitrogens with two attached hydrogens (primary N) is 1. The fourth-order valence-corrected chi connectivity index (χ4v) is 3.23. The van der Waals surface area contributed by atoms with Gasteiger partial charge < -0.3 is 10.5 Å². The van der Waals surface area contributed by atoms with Gasteiger partial charge in [0.15, 0.2) is 0 Å². The van der Waals surface area contributed by atoms with E-state index in [0.29, 0.717) is 0 Å². The van der Waals surface area contributed by atoms with Gasteiger partial charge in [-0.25, -0.2) is 0 Å². The number of hydrogen-bond donors (Lipinski definition) is 1. The van der Waals surface area contributed by atoms with Crippen molar-refractivity contribution in [1.29, 1.82) is 0 Å². The van der Waals surface area contributed by atoms with Crippen LogP contribution in [0.4, 0.5) is 0 Å². The molecule has 100 valence electrons. The molecule has 0 bridgehead atoms. The Kier molecular flexibility index (Phi) is 4.66. The van der Waals surface area contributed by atoms with E-state index in [2.05, 4.69) is 0 Å².